The van der Waals surface area contributed by atoms with E-state index in [1.165, 1.54) is 30.5 Å². The standard InChI is InChI=1S/C20H26N.CHF3O3S/c1-14-12-18(16-10-11-16)19(13-15(14)2)20(21(3)4)17-8-6-5-7-9-17;2-1(3,4)8(5,6)7/h5-9,16H,10-13H2,1-4H3;(H,5,6,7)/q+1;/p-1. The Morgan fingerprint density at radius 3 is 1.93 bits per heavy atom. The number of rotatable bonds is 3. The molecule has 0 atom stereocenters. The molecule has 29 heavy (non-hydrogen) atoms. The Morgan fingerprint density at radius 1 is 1.03 bits per heavy atom. The van der Waals surface area contributed by atoms with Gasteiger partial charge in [-0.1, -0.05) is 34.9 Å². The molecule has 0 N–H and O–H groups in total. The average molecular weight is 430 g/mol. The molecule has 1 aromatic rings. The first kappa shape index (κ1) is 23.3. The van der Waals surface area contributed by atoms with E-state index >= 15 is 0 Å². The molecule has 4 nitrogen and oxygen atoms in total. The van der Waals surface area contributed by atoms with Crippen molar-refractivity contribution >= 4 is 15.8 Å². The maximum absolute atomic E-state index is 10.7. The highest BCUT2D eigenvalue weighted by Gasteiger charge is 2.37. The van der Waals surface area contributed by atoms with E-state index in [2.05, 4.69) is 62.9 Å². The smallest absolute Gasteiger partial charge is 0.485 e. The van der Waals surface area contributed by atoms with Gasteiger partial charge < -0.3 is 4.55 Å². The van der Waals surface area contributed by atoms with Gasteiger partial charge >= 0.3 is 5.51 Å². The van der Waals surface area contributed by atoms with Crippen LogP contribution in [0.2, 0.25) is 0 Å². The number of nitrogens with zero attached hydrogens (tertiary/aromatic N) is 1. The van der Waals surface area contributed by atoms with Crippen molar-refractivity contribution in [1.29, 1.82) is 0 Å². The monoisotopic (exact) mass is 429 g/mol. The van der Waals surface area contributed by atoms with E-state index in [0.717, 1.165) is 12.3 Å². The zero-order valence-electron chi connectivity index (χ0n) is 17.0. The predicted octanol–water partition coefficient (Wildman–Crippen LogP) is 4.64. The molecule has 2 aliphatic rings. The number of hydrogen-bond acceptors (Lipinski definition) is 3. The molecule has 1 saturated carbocycles. The fraction of sp³-hybridized carbons (Fsp3) is 0.476. The van der Waals surface area contributed by atoms with E-state index in [-0.39, 0.29) is 0 Å². The molecule has 2 aliphatic carbocycles. The Kier molecular flexibility index (Phi) is 7.11. The summed E-state index contributed by atoms with van der Waals surface area (Å²) in [5, 5.41) is 0. The Hall–Kier alpha value is -1.93. The van der Waals surface area contributed by atoms with E-state index in [1.54, 1.807) is 22.3 Å². The van der Waals surface area contributed by atoms with Gasteiger partial charge in [-0.25, -0.2) is 13.0 Å². The summed E-state index contributed by atoms with van der Waals surface area (Å²) < 4.78 is 61.2. The lowest BCUT2D eigenvalue weighted by Gasteiger charge is -2.23. The van der Waals surface area contributed by atoms with Crippen LogP contribution in [0, 0.1) is 5.92 Å². The van der Waals surface area contributed by atoms with Gasteiger partial charge in [-0.2, -0.15) is 13.2 Å². The maximum Gasteiger partial charge on any atom is 0.485 e. The minimum atomic E-state index is -6.09. The normalized spacial score (nSPS) is 17.7. The quantitative estimate of drug-likeness (QED) is 0.231. The van der Waals surface area contributed by atoms with Gasteiger partial charge in [0.2, 0.25) is 5.71 Å². The topological polar surface area (TPSA) is 60.2 Å². The number of allylic oxidation sites excluding steroid dienone is 4. The van der Waals surface area contributed by atoms with Gasteiger partial charge in [0.1, 0.15) is 14.1 Å². The van der Waals surface area contributed by atoms with Crippen molar-refractivity contribution < 1.29 is 30.7 Å². The molecule has 1 aromatic carbocycles. The number of hydrogen-bond donors (Lipinski definition) is 0. The summed E-state index contributed by atoms with van der Waals surface area (Å²) in [4.78, 5) is 0. The number of alkyl halides is 3. The highest BCUT2D eigenvalue weighted by Crippen LogP contribution is 2.45. The third kappa shape index (κ3) is 6.02. The van der Waals surface area contributed by atoms with Crippen LogP contribution in [-0.4, -0.2) is 42.9 Å². The summed E-state index contributed by atoms with van der Waals surface area (Å²) in [6.45, 7) is 4.61. The van der Waals surface area contributed by atoms with Crippen LogP contribution in [0.5, 0.6) is 0 Å². The van der Waals surface area contributed by atoms with Crippen LogP contribution in [0.15, 0.2) is 52.6 Å². The molecule has 160 valence electrons. The SMILES string of the molecule is CC1=C(C)CC(C2CC2)=C(C(c2ccccc2)=[N+](C)C)C1.O=S(=O)([O-])C(F)(F)F. The lowest BCUT2D eigenvalue weighted by molar-refractivity contribution is -0.463. The van der Waals surface area contributed by atoms with Crippen molar-refractivity contribution in [2.24, 2.45) is 5.92 Å². The largest absolute Gasteiger partial charge is 0.741 e. The van der Waals surface area contributed by atoms with Gasteiger partial charge in [0.15, 0.2) is 10.1 Å². The summed E-state index contributed by atoms with van der Waals surface area (Å²) in [7, 11) is -1.73. The minimum Gasteiger partial charge on any atom is -0.741 e. The second kappa shape index (κ2) is 8.83. The first-order valence-corrected chi connectivity index (χ1v) is 10.7. The zero-order chi connectivity index (χ0) is 22.0. The lowest BCUT2D eigenvalue weighted by Crippen LogP contribution is -2.21. The van der Waals surface area contributed by atoms with Crippen molar-refractivity contribution in [3.8, 4) is 0 Å². The fourth-order valence-electron chi connectivity index (χ4n) is 3.43. The van der Waals surface area contributed by atoms with Gasteiger partial charge in [-0.05, 0) is 57.6 Å². The zero-order valence-corrected chi connectivity index (χ0v) is 17.8. The van der Waals surface area contributed by atoms with Gasteiger partial charge in [-0.15, -0.1) is 0 Å². The van der Waals surface area contributed by atoms with Crippen molar-refractivity contribution in [3.63, 3.8) is 0 Å². The molecule has 0 saturated heterocycles. The maximum atomic E-state index is 10.7. The van der Waals surface area contributed by atoms with Gasteiger partial charge in [0.05, 0.1) is 0 Å². The highest BCUT2D eigenvalue weighted by molar-refractivity contribution is 7.86. The molecular formula is C21H26F3NO3S. The average Bonchev–Trinajstić information content (AvgIpc) is 3.42. The molecule has 0 heterocycles. The van der Waals surface area contributed by atoms with Crippen molar-refractivity contribution in [2.75, 3.05) is 14.1 Å². The molecule has 3 rings (SSSR count). The molecule has 1 fully saturated rings. The van der Waals surface area contributed by atoms with Crippen LogP contribution in [0.3, 0.4) is 0 Å². The summed E-state index contributed by atoms with van der Waals surface area (Å²) in [5.41, 5.74) is 3.58. The predicted molar refractivity (Wildman–Crippen MR) is 106 cm³/mol. The van der Waals surface area contributed by atoms with Crippen LogP contribution in [-0.2, 0) is 10.1 Å². The number of halogens is 3. The Balaban J connectivity index is 0.000000321. The minimum absolute atomic E-state index is 0.849. The van der Waals surface area contributed by atoms with Gasteiger partial charge in [-0.3, -0.25) is 0 Å². The molecule has 0 amide bonds. The van der Waals surface area contributed by atoms with E-state index < -0.39 is 15.6 Å². The summed E-state index contributed by atoms with van der Waals surface area (Å²) in [6.07, 6.45) is 5.09. The Labute approximate surface area is 170 Å². The molecule has 0 aromatic heterocycles. The molecule has 8 heteroatoms. The molecule has 0 radical (unpaired) electrons. The van der Waals surface area contributed by atoms with Crippen molar-refractivity contribution in [2.45, 2.75) is 45.0 Å². The Bertz CT molecular complexity index is 951. The first-order valence-electron chi connectivity index (χ1n) is 9.32. The second-order valence-corrected chi connectivity index (χ2v) is 9.07. The van der Waals surface area contributed by atoms with E-state index in [1.807, 2.05) is 0 Å². The summed E-state index contributed by atoms with van der Waals surface area (Å²) in [5.74, 6) is 0.849. The van der Waals surface area contributed by atoms with E-state index in [9.17, 15) is 13.2 Å². The lowest BCUT2D eigenvalue weighted by atomic mass is 9.81. The molecular weight excluding hydrogens is 403 g/mol. The Morgan fingerprint density at radius 2 is 1.52 bits per heavy atom. The van der Waals surface area contributed by atoms with E-state index in [4.69, 9.17) is 13.0 Å². The van der Waals surface area contributed by atoms with E-state index in [0.29, 0.717) is 0 Å². The molecule has 0 unspecified atom stereocenters. The summed E-state index contributed by atoms with van der Waals surface area (Å²) in [6, 6.07) is 10.9. The highest BCUT2D eigenvalue weighted by atomic mass is 32.2. The number of benzene rings is 1. The van der Waals surface area contributed by atoms with Crippen LogP contribution in [0.4, 0.5) is 13.2 Å². The first-order chi connectivity index (χ1) is 13.3. The molecule has 0 aliphatic heterocycles. The molecule has 0 bridgehead atoms. The third-order valence-corrected chi connectivity index (χ3v) is 5.71. The molecule has 0 spiro atoms. The van der Waals surface area contributed by atoms with Crippen molar-refractivity contribution in [3.05, 3.63) is 58.2 Å². The van der Waals surface area contributed by atoms with Crippen LogP contribution < -0.4 is 0 Å². The van der Waals surface area contributed by atoms with Gasteiger partial charge in [0.25, 0.3) is 0 Å². The van der Waals surface area contributed by atoms with Gasteiger partial charge in [0, 0.05) is 11.1 Å². The van der Waals surface area contributed by atoms with Crippen LogP contribution in [0.1, 0.15) is 45.1 Å². The fourth-order valence-corrected chi connectivity index (χ4v) is 3.43. The van der Waals surface area contributed by atoms with Crippen molar-refractivity contribution in [1.82, 2.24) is 0 Å². The van der Waals surface area contributed by atoms with Crippen LogP contribution >= 0.6 is 0 Å². The summed E-state index contributed by atoms with van der Waals surface area (Å²) >= 11 is 0. The van der Waals surface area contributed by atoms with Crippen LogP contribution in [0.25, 0.3) is 0 Å². The second-order valence-electron chi connectivity index (χ2n) is 7.70. The third-order valence-electron chi connectivity index (χ3n) is 5.15.